The molecule has 1 aromatic heterocycles. The van der Waals surface area contributed by atoms with Crippen molar-refractivity contribution in [2.24, 2.45) is 0 Å². The van der Waals surface area contributed by atoms with E-state index < -0.39 is 5.60 Å². The van der Waals surface area contributed by atoms with Crippen LogP contribution in [-0.4, -0.2) is 39.8 Å². The Balaban J connectivity index is 1.76. The van der Waals surface area contributed by atoms with Crippen LogP contribution in [0.4, 0.5) is 0 Å². The molecule has 0 saturated carbocycles. The molecule has 1 N–H and O–H groups in total. The van der Waals surface area contributed by atoms with Crippen LogP contribution in [-0.2, 0) is 12.1 Å². The van der Waals surface area contributed by atoms with E-state index in [1.165, 1.54) is 0 Å². The molecule has 0 spiro atoms. The summed E-state index contributed by atoms with van der Waals surface area (Å²) in [4.78, 5) is 6.71. The van der Waals surface area contributed by atoms with E-state index in [2.05, 4.69) is 15.0 Å². The molecule has 136 valence electrons. The van der Waals surface area contributed by atoms with Crippen LogP contribution in [0.15, 0.2) is 28.8 Å². The maximum absolute atomic E-state index is 11.2. The minimum Gasteiger partial charge on any atom is -0.497 e. The normalized spacial score (nSPS) is 20.8. The number of nitrogens with zero attached hydrogens (tertiary/aromatic N) is 3. The van der Waals surface area contributed by atoms with Gasteiger partial charge in [-0.25, -0.2) is 0 Å². The van der Waals surface area contributed by atoms with Crippen molar-refractivity contribution in [1.29, 1.82) is 0 Å². The Morgan fingerprint density at radius 2 is 2.08 bits per heavy atom. The third-order valence-corrected chi connectivity index (χ3v) is 5.03. The number of benzene rings is 1. The van der Waals surface area contributed by atoms with Crippen LogP contribution in [0.3, 0.4) is 0 Å². The highest BCUT2D eigenvalue weighted by atomic mass is 16.5. The molecular weight excluding hydrogens is 318 g/mol. The minimum absolute atomic E-state index is 0.00953. The van der Waals surface area contributed by atoms with E-state index in [0.717, 1.165) is 36.5 Å². The van der Waals surface area contributed by atoms with Crippen LogP contribution in [0.2, 0.25) is 0 Å². The summed E-state index contributed by atoms with van der Waals surface area (Å²) in [6.07, 6.45) is 1.98. The second-order valence-corrected chi connectivity index (χ2v) is 7.21. The summed E-state index contributed by atoms with van der Waals surface area (Å²) in [7, 11) is 1.64. The summed E-state index contributed by atoms with van der Waals surface area (Å²) in [5.74, 6) is 2.37. The lowest BCUT2D eigenvalue weighted by Gasteiger charge is -2.36. The van der Waals surface area contributed by atoms with E-state index in [-0.39, 0.29) is 12.0 Å². The van der Waals surface area contributed by atoms with Crippen molar-refractivity contribution in [2.75, 3.05) is 13.7 Å². The van der Waals surface area contributed by atoms with Crippen LogP contribution in [0.5, 0.6) is 5.75 Å². The lowest BCUT2D eigenvalue weighted by molar-refractivity contribution is -0.0278. The van der Waals surface area contributed by atoms with Gasteiger partial charge in [0.05, 0.1) is 13.7 Å². The first-order chi connectivity index (χ1) is 11.9. The predicted molar refractivity (Wildman–Crippen MR) is 94.4 cm³/mol. The molecule has 1 fully saturated rings. The first kappa shape index (κ1) is 17.9. The van der Waals surface area contributed by atoms with Gasteiger partial charge in [0.1, 0.15) is 11.4 Å². The van der Waals surface area contributed by atoms with Gasteiger partial charge in [0, 0.05) is 12.0 Å². The molecule has 0 radical (unpaired) electrons. The summed E-state index contributed by atoms with van der Waals surface area (Å²) in [5, 5.41) is 15.3. The van der Waals surface area contributed by atoms with Gasteiger partial charge >= 0.3 is 0 Å². The fourth-order valence-electron chi connectivity index (χ4n) is 3.51. The molecular formula is C19H27N3O3. The molecule has 1 saturated heterocycles. The molecule has 25 heavy (non-hydrogen) atoms. The summed E-state index contributed by atoms with van der Waals surface area (Å²) in [5.41, 5.74) is -0.0671. The van der Waals surface area contributed by atoms with E-state index in [1.54, 1.807) is 7.11 Å². The average Bonchev–Trinajstić information content (AvgIpc) is 3.25. The molecule has 2 heterocycles. The smallest absolute Gasteiger partial charge is 0.240 e. The average molecular weight is 345 g/mol. The number of ether oxygens (including phenoxy) is 1. The maximum atomic E-state index is 11.2. The summed E-state index contributed by atoms with van der Waals surface area (Å²) < 4.78 is 10.6. The largest absolute Gasteiger partial charge is 0.497 e. The van der Waals surface area contributed by atoms with Crippen LogP contribution in [0, 0.1) is 0 Å². The number of hydrogen-bond acceptors (Lipinski definition) is 6. The van der Waals surface area contributed by atoms with Gasteiger partial charge < -0.3 is 14.4 Å². The molecule has 1 aromatic carbocycles. The van der Waals surface area contributed by atoms with E-state index in [4.69, 9.17) is 9.26 Å². The lowest BCUT2D eigenvalue weighted by Crippen LogP contribution is -2.45. The van der Waals surface area contributed by atoms with Gasteiger partial charge in [-0.1, -0.05) is 31.1 Å². The van der Waals surface area contributed by atoms with Crippen molar-refractivity contribution in [3.63, 3.8) is 0 Å². The molecule has 6 nitrogen and oxygen atoms in total. The molecule has 1 aliphatic heterocycles. The molecule has 0 unspecified atom stereocenters. The van der Waals surface area contributed by atoms with Crippen LogP contribution >= 0.6 is 0 Å². The van der Waals surface area contributed by atoms with Gasteiger partial charge in [0.2, 0.25) is 5.89 Å². The fraction of sp³-hybridized carbons (Fsp3) is 0.579. The van der Waals surface area contributed by atoms with Gasteiger partial charge in [-0.15, -0.1) is 0 Å². The summed E-state index contributed by atoms with van der Waals surface area (Å²) in [6, 6.07) is 7.64. The Morgan fingerprint density at radius 3 is 2.68 bits per heavy atom. The Labute approximate surface area is 148 Å². The van der Waals surface area contributed by atoms with Crippen molar-refractivity contribution < 1.29 is 14.4 Å². The van der Waals surface area contributed by atoms with E-state index in [9.17, 15) is 5.11 Å². The molecule has 2 aromatic rings. The van der Waals surface area contributed by atoms with Crippen molar-refractivity contribution in [3.8, 4) is 5.75 Å². The lowest BCUT2D eigenvalue weighted by atomic mass is 9.86. The summed E-state index contributed by atoms with van der Waals surface area (Å²) >= 11 is 0. The SMILES string of the molecule is COc1ccc([C@](C)(O)[C@@H]2CCCN2Cc2nc(C(C)C)no2)cc1. The van der Waals surface area contributed by atoms with E-state index >= 15 is 0 Å². The predicted octanol–water partition coefficient (Wildman–Crippen LogP) is 3.07. The zero-order valence-electron chi connectivity index (χ0n) is 15.4. The Kier molecular flexibility index (Phi) is 5.11. The van der Waals surface area contributed by atoms with Crippen LogP contribution in [0.25, 0.3) is 0 Å². The zero-order valence-corrected chi connectivity index (χ0v) is 15.4. The highest BCUT2D eigenvalue weighted by Gasteiger charge is 2.41. The Bertz CT molecular complexity index is 694. The third-order valence-electron chi connectivity index (χ3n) is 5.03. The van der Waals surface area contributed by atoms with Crippen molar-refractivity contribution in [3.05, 3.63) is 41.5 Å². The topological polar surface area (TPSA) is 71.6 Å². The number of rotatable bonds is 6. The van der Waals surface area contributed by atoms with Gasteiger partial charge in [-0.3, -0.25) is 4.90 Å². The van der Waals surface area contributed by atoms with Crippen LogP contribution < -0.4 is 4.74 Å². The second-order valence-electron chi connectivity index (χ2n) is 7.21. The molecule has 0 amide bonds. The number of aromatic nitrogens is 2. The number of likely N-dealkylation sites (tertiary alicyclic amines) is 1. The molecule has 0 bridgehead atoms. The monoisotopic (exact) mass is 345 g/mol. The molecule has 3 rings (SSSR count). The van der Waals surface area contributed by atoms with Gasteiger partial charge in [-0.05, 0) is 44.0 Å². The fourth-order valence-corrected chi connectivity index (χ4v) is 3.51. The van der Waals surface area contributed by atoms with Crippen molar-refractivity contribution in [2.45, 2.75) is 57.7 Å². The molecule has 0 aliphatic carbocycles. The van der Waals surface area contributed by atoms with Gasteiger partial charge in [0.15, 0.2) is 5.82 Å². The molecule has 6 heteroatoms. The second kappa shape index (κ2) is 7.14. The first-order valence-electron chi connectivity index (χ1n) is 8.85. The van der Waals surface area contributed by atoms with Gasteiger partial charge in [-0.2, -0.15) is 4.98 Å². The van der Waals surface area contributed by atoms with Crippen LogP contribution in [0.1, 0.15) is 56.8 Å². The highest BCUT2D eigenvalue weighted by Crippen LogP contribution is 2.36. The molecule has 2 atom stereocenters. The minimum atomic E-state index is -0.955. The number of methoxy groups -OCH3 is 1. The Morgan fingerprint density at radius 1 is 1.36 bits per heavy atom. The standard InChI is InChI=1S/C19H27N3O3/c1-13(2)18-20-17(25-21-18)12-22-11-5-6-16(22)19(3,23)14-7-9-15(24-4)10-8-14/h7-10,13,16,23H,5-6,11-12H2,1-4H3/t16-,19-/m0/s1. The van der Waals surface area contributed by atoms with E-state index in [1.807, 2.05) is 45.0 Å². The number of hydrogen-bond donors (Lipinski definition) is 1. The summed E-state index contributed by atoms with van der Waals surface area (Å²) in [6.45, 7) is 7.45. The quantitative estimate of drug-likeness (QED) is 0.867. The maximum Gasteiger partial charge on any atom is 0.240 e. The zero-order chi connectivity index (χ0) is 18.0. The molecule has 1 aliphatic rings. The highest BCUT2D eigenvalue weighted by molar-refractivity contribution is 5.31. The Hall–Kier alpha value is -1.92. The number of aliphatic hydroxyl groups is 1. The van der Waals surface area contributed by atoms with Crippen molar-refractivity contribution >= 4 is 0 Å². The van der Waals surface area contributed by atoms with Crippen molar-refractivity contribution in [1.82, 2.24) is 15.0 Å². The van der Waals surface area contributed by atoms with E-state index in [0.29, 0.717) is 12.4 Å². The third kappa shape index (κ3) is 3.70. The van der Waals surface area contributed by atoms with Gasteiger partial charge in [0.25, 0.3) is 0 Å². The first-order valence-corrected chi connectivity index (χ1v) is 8.85.